The average molecular weight is 304 g/mol. The SMILES string of the molecule is CCn1nnc2c(=O)n(CC(=O)N3CCCCCC3)cnc21. The highest BCUT2D eigenvalue weighted by Crippen LogP contribution is 2.10. The van der Waals surface area contributed by atoms with Gasteiger partial charge in [-0.1, -0.05) is 18.1 Å². The molecule has 1 fully saturated rings. The van der Waals surface area contributed by atoms with Crippen molar-refractivity contribution >= 4 is 17.1 Å². The van der Waals surface area contributed by atoms with Crippen molar-refractivity contribution in [1.29, 1.82) is 0 Å². The first kappa shape index (κ1) is 14.7. The molecule has 0 spiro atoms. The van der Waals surface area contributed by atoms with E-state index in [1.165, 1.54) is 10.9 Å². The highest BCUT2D eigenvalue weighted by Gasteiger charge is 2.18. The molecule has 3 heterocycles. The molecule has 0 N–H and O–H groups in total. The zero-order valence-electron chi connectivity index (χ0n) is 12.7. The lowest BCUT2D eigenvalue weighted by molar-refractivity contribution is -0.131. The maximum absolute atomic E-state index is 12.4. The van der Waals surface area contributed by atoms with Crippen LogP contribution in [0, 0.1) is 0 Å². The van der Waals surface area contributed by atoms with Gasteiger partial charge in [0.15, 0.2) is 11.2 Å². The van der Waals surface area contributed by atoms with Gasteiger partial charge in [0.25, 0.3) is 5.56 Å². The van der Waals surface area contributed by atoms with Crippen LogP contribution in [-0.4, -0.2) is 48.4 Å². The van der Waals surface area contributed by atoms with E-state index >= 15 is 0 Å². The third kappa shape index (κ3) is 2.72. The van der Waals surface area contributed by atoms with E-state index in [0.717, 1.165) is 38.8 Å². The molecule has 1 aliphatic rings. The van der Waals surface area contributed by atoms with Crippen molar-refractivity contribution in [3.63, 3.8) is 0 Å². The fourth-order valence-corrected chi connectivity index (χ4v) is 2.78. The molecule has 0 aromatic carbocycles. The van der Waals surface area contributed by atoms with Gasteiger partial charge in [0, 0.05) is 19.6 Å². The molecule has 118 valence electrons. The molecule has 3 rings (SSSR count). The molecule has 0 bridgehead atoms. The number of hydrogen-bond acceptors (Lipinski definition) is 5. The molecule has 22 heavy (non-hydrogen) atoms. The lowest BCUT2D eigenvalue weighted by atomic mass is 10.2. The zero-order valence-corrected chi connectivity index (χ0v) is 12.7. The predicted octanol–water partition coefficient (Wildman–Crippen LogP) is 0.410. The molecule has 0 atom stereocenters. The summed E-state index contributed by atoms with van der Waals surface area (Å²) in [7, 11) is 0. The molecule has 1 saturated heterocycles. The number of hydrogen-bond donors (Lipinski definition) is 0. The van der Waals surface area contributed by atoms with Crippen LogP contribution in [0.3, 0.4) is 0 Å². The van der Waals surface area contributed by atoms with Gasteiger partial charge in [0.2, 0.25) is 5.91 Å². The molecule has 2 aromatic heterocycles. The number of likely N-dealkylation sites (tertiary alicyclic amines) is 1. The summed E-state index contributed by atoms with van der Waals surface area (Å²) in [6.45, 7) is 4.06. The van der Waals surface area contributed by atoms with Crippen LogP contribution >= 0.6 is 0 Å². The van der Waals surface area contributed by atoms with E-state index in [1.54, 1.807) is 4.68 Å². The molecule has 0 saturated carbocycles. The van der Waals surface area contributed by atoms with Crippen LogP contribution < -0.4 is 5.56 Å². The molecule has 1 aliphatic heterocycles. The molecule has 0 radical (unpaired) electrons. The summed E-state index contributed by atoms with van der Waals surface area (Å²) in [5.74, 6) is -0.0342. The Morgan fingerprint density at radius 1 is 1.23 bits per heavy atom. The fraction of sp³-hybridized carbons (Fsp3) is 0.643. The molecule has 8 nitrogen and oxygen atoms in total. The van der Waals surface area contributed by atoms with Crippen LogP contribution in [0.2, 0.25) is 0 Å². The Labute approximate surface area is 127 Å². The average Bonchev–Trinajstić information content (AvgIpc) is 2.75. The number of amides is 1. The number of rotatable bonds is 3. The minimum Gasteiger partial charge on any atom is -0.341 e. The van der Waals surface area contributed by atoms with Crippen molar-refractivity contribution in [1.82, 2.24) is 29.4 Å². The highest BCUT2D eigenvalue weighted by molar-refractivity contribution is 5.76. The maximum atomic E-state index is 12.4. The van der Waals surface area contributed by atoms with Gasteiger partial charge in [-0.25, -0.2) is 9.67 Å². The van der Waals surface area contributed by atoms with Crippen LogP contribution in [0.1, 0.15) is 32.6 Å². The summed E-state index contributed by atoms with van der Waals surface area (Å²) in [6, 6.07) is 0. The molecule has 0 aliphatic carbocycles. The Morgan fingerprint density at radius 2 is 1.95 bits per heavy atom. The van der Waals surface area contributed by atoms with Crippen molar-refractivity contribution in [3.8, 4) is 0 Å². The van der Waals surface area contributed by atoms with Crippen LogP contribution in [0.15, 0.2) is 11.1 Å². The third-order valence-electron chi connectivity index (χ3n) is 4.06. The van der Waals surface area contributed by atoms with Gasteiger partial charge in [-0.2, -0.15) is 0 Å². The van der Waals surface area contributed by atoms with Crippen LogP contribution in [-0.2, 0) is 17.9 Å². The summed E-state index contributed by atoms with van der Waals surface area (Å²) in [4.78, 5) is 30.8. The van der Waals surface area contributed by atoms with E-state index in [1.807, 2.05) is 11.8 Å². The minimum atomic E-state index is -0.312. The predicted molar refractivity (Wildman–Crippen MR) is 80.3 cm³/mol. The standard InChI is InChI=1S/C14H20N6O2/c1-2-20-13-12(16-17-20)14(22)19(10-15-13)9-11(21)18-7-5-3-4-6-8-18/h10H,2-9H2,1H3. The minimum absolute atomic E-state index is 0.0146. The van der Waals surface area contributed by atoms with Crippen molar-refractivity contribution in [2.24, 2.45) is 0 Å². The van der Waals surface area contributed by atoms with E-state index in [9.17, 15) is 9.59 Å². The van der Waals surface area contributed by atoms with Gasteiger partial charge in [0.05, 0.1) is 0 Å². The summed E-state index contributed by atoms with van der Waals surface area (Å²) in [5.41, 5.74) is 0.367. The largest absolute Gasteiger partial charge is 0.341 e. The number of carbonyl (C=O) groups excluding carboxylic acids is 1. The van der Waals surface area contributed by atoms with Gasteiger partial charge in [-0.15, -0.1) is 5.10 Å². The molecule has 8 heteroatoms. The second-order valence-electron chi connectivity index (χ2n) is 5.55. The van der Waals surface area contributed by atoms with Gasteiger partial charge in [-0.05, 0) is 19.8 Å². The van der Waals surface area contributed by atoms with Crippen molar-refractivity contribution in [2.45, 2.75) is 45.7 Å². The Balaban J connectivity index is 1.83. The fourth-order valence-electron chi connectivity index (χ4n) is 2.78. The Hall–Kier alpha value is -2.25. The van der Waals surface area contributed by atoms with Gasteiger partial charge in [-0.3, -0.25) is 14.2 Å². The smallest absolute Gasteiger partial charge is 0.283 e. The maximum Gasteiger partial charge on any atom is 0.283 e. The Kier molecular flexibility index (Phi) is 4.17. The quantitative estimate of drug-likeness (QED) is 0.820. The van der Waals surface area contributed by atoms with E-state index in [4.69, 9.17) is 0 Å². The molecule has 2 aromatic rings. The lowest BCUT2D eigenvalue weighted by Gasteiger charge is -2.20. The highest BCUT2D eigenvalue weighted by atomic mass is 16.2. The number of aromatic nitrogens is 5. The Bertz CT molecular complexity index is 726. The third-order valence-corrected chi connectivity index (χ3v) is 4.06. The van der Waals surface area contributed by atoms with Crippen LogP contribution in [0.4, 0.5) is 0 Å². The monoisotopic (exact) mass is 304 g/mol. The van der Waals surface area contributed by atoms with Crippen molar-refractivity contribution in [3.05, 3.63) is 16.7 Å². The van der Waals surface area contributed by atoms with Gasteiger partial charge in [0.1, 0.15) is 12.9 Å². The topological polar surface area (TPSA) is 85.9 Å². The Morgan fingerprint density at radius 3 is 2.64 bits per heavy atom. The first-order valence-electron chi connectivity index (χ1n) is 7.77. The van der Waals surface area contributed by atoms with Crippen LogP contribution in [0.5, 0.6) is 0 Å². The van der Waals surface area contributed by atoms with E-state index < -0.39 is 0 Å². The molecular formula is C14H20N6O2. The number of carbonyl (C=O) groups is 1. The summed E-state index contributed by atoms with van der Waals surface area (Å²) < 4.78 is 2.89. The normalized spacial score (nSPS) is 16.0. The molecule has 0 unspecified atom stereocenters. The van der Waals surface area contributed by atoms with Gasteiger partial charge >= 0.3 is 0 Å². The second kappa shape index (κ2) is 6.25. The molecule has 1 amide bonds. The summed E-state index contributed by atoms with van der Waals surface area (Å²) in [5, 5.41) is 7.77. The van der Waals surface area contributed by atoms with Gasteiger partial charge < -0.3 is 4.90 Å². The first-order chi connectivity index (χ1) is 10.7. The number of nitrogens with zero attached hydrogens (tertiary/aromatic N) is 6. The molecular weight excluding hydrogens is 284 g/mol. The van der Waals surface area contributed by atoms with Crippen molar-refractivity contribution in [2.75, 3.05) is 13.1 Å². The number of aryl methyl sites for hydroxylation is 1. The van der Waals surface area contributed by atoms with E-state index in [2.05, 4.69) is 15.3 Å². The van der Waals surface area contributed by atoms with Crippen molar-refractivity contribution < 1.29 is 4.79 Å². The first-order valence-corrected chi connectivity index (χ1v) is 7.77. The summed E-state index contributed by atoms with van der Waals surface area (Å²) >= 11 is 0. The zero-order chi connectivity index (χ0) is 15.5. The lowest BCUT2D eigenvalue weighted by Crippen LogP contribution is -2.37. The van der Waals surface area contributed by atoms with Crippen LogP contribution in [0.25, 0.3) is 11.2 Å². The second-order valence-corrected chi connectivity index (χ2v) is 5.55. The van der Waals surface area contributed by atoms with E-state index in [0.29, 0.717) is 12.2 Å². The summed E-state index contributed by atoms with van der Waals surface area (Å²) in [6.07, 6.45) is 5.80. The van der Waals surface area contributed by atoms with E-state index in [-0.39, 0.29) is 23.5 Å². The number of fused-ring (bicyclic) bond motifs is 1.